The van der Waals surface area contributed by atoms with Gasteiger partial charge in [0.25, 0.3) is 0 Å². The molecule has 0 atom stereocenters. The number of fused-ring (bicyclic) bond motifs is 9. The normalized spacial score (nSPS) is 12.7. The Labute approximate surface area is 336 Å². The van der Waals surface area contributed by atoms with Gasteiger partial charge in [0, 0.05) is 27.8 Å². The van der Waals surface area contributed by atoms with E-state index in [0.717, 1.165) is 61.6 Å². The molecule has 0 amide bonds. The fraction of sp³-hybridized carbons (Fsp3) is 0.0189. The summed E-state index contributed by atoms with van der Waals surface area (Å²) in [7, 11) is 0. The summed E-state index contributed by atoms with van der Waals surface area (Å²) < 4.78 is 6.60. The Morgan fingerprint density at radius 3 is 1.47 bits per heavy atom. The van der Waals surface area contributed by atoms with E-state index in [1.165, 1.54) is 22.3 Å². The van der Waals surface area contributed by atoms with E-state index in [1.807, 2.05) is 97.1 Å². The van der Waals surface area contributed by atoms with E-state index in [2.05, 4.69) is 103 Å². The van der Waals surface area contributed by atoms with Gasteiger partial charge in [0.1, 0.15) is 11.5 Å². The minimum Gasteiger partial charge on any atom is -0.457 e. The van der Waals surface area contributed by atoms with Crippen molar-refractivity contribution in [3.63, 3.8) is 0 Å². The molecule has 8 aromatic carbocycles. The molecule has 1 aromatic heterocycles. The predicted octanol–water partition coefficient (Wildman–Crippen LogP) is 12.5. The fourth-order valence-electron chi connectivity index (χ4n) is 8.83. The van der Waals surface area contributed by atoms with E-state index in [4.69, 9.17) is 19.7 Å². The Balaban J connectivity index is 1.17. The molecule has 270 valence electrons. The number of para-hydroxylation sites is 2. The van der Waals surface area contributed by atoms with Crippen LogP contribution in [-0.4, -0.2) is 15.0 Å². The van der Waals surface area contributed by atoms with Crippen LogP contribution in [0.1, 0.15) is 27.8 Å². The molecule has 9 aromatic rings. The second kappa shape index (κ2) is 13.4. The summed E-state index contributed by atoms with van der Waals surface area (Å²) >= 11 is 0. The zero-order chi connectivity index (χ0) is 38.6. The topological polar surface area (TPSA) is 71.7 Å². The highest BCUT2D eigenvalue weighted by Crippen LogP contribution is 2.62. The van der Waals surface area contributed by atoms with E-state index in [0.29, 0.717) is 23.0 Å². The molecule has 0 fully saturated rings. The number of nitriles is 1. The molecule has 0 bridgehead atoms. The van der Waals surface area contributed by atoms with Crippen LogP contribution >= 0.6 is 0 Å². The lowest BCUT2D eigenvalue weighted by Gasteiger charge is -2.39. The molecule has 2 aliphatic rings. The highest BCUT2D eigenvalue weighted by atomic mass is 16.5. The summed E-state index contributed by atoms with van der Waals surface area (Å²) in [5.41, 5.74) is 13.7. The lowest BCUT2D eigenvalue weighted by Crippen LogP contribution is -2.32. The third-order valence-corrected chi connectivity index (χ3v) is 11.4. The number of rotatable bonds is 5. The van der Waals surface area contributed by atoms with Crippen molar-refractivity contribution in [1.29, 1.82) is 5.26 Å². The first-order valence-electron chi connectivity index (χ1n) is 19.3. The van der Waals surface area contributed by atoms with Gasteiger partial charge in [-0.2, -0.15) is 5.26 Å². The molecule has 1 spiro atoms. The lowest BCUT2D eigenvalue weighted by molar-refractivity contribution is 0.436. The quantitative estimate of drug-likeness (QED) is 0.176. The van der Waals surface area contributed by atoms with Crippen molar-refractivity contribution in [2.45, 2.75) is 5.41 Å². The number of hydrogen-bond donors (Lipinski definition) is 0. The molecule has 11 rings (SSSR count). The number of benzene rings is 8. The molecule has 0 radical (unpaired) electrons. The highest BCUT2D eigenvalue weighted by molar-refractivity contribution is 5.91. The third-order valence-electron chi connectivity index (χ3n) is 11.4. The SMILES string of the molecule is N#Cc1cccc(-c2cc(-c3ccc4c(c3)C3(c5ccccc5Oc5ccccc53)c3ccccc3-4)cc(-c3nc(-c4ccccc4)nc(-c4ccccc4)n3)c2)c1. The second-order valence-electron chi connectivity index (χ2n) is 14.7. The van der Waals surface area contributed by atoms with Crippen LogP contribution in [0.15, 0.2) is 194 Å². The van der Waals surface area contributed by atoms with Crippen LogP contribution in [0.2, 0.25) is 0 Å². The summed E-state index contributed by atoms with van der Waals surface area (Å²) in [6, 6.07) is 69.1. The molecular formula is C53H32N4O. The molecule has 0 N–H and O–H groups in total. The first-order chi connectivity index (χ1) is 28.7. The summed E-state index contributed by atoms with van der Waals surface area (Å²) in [6.45, 7) is 0. The van der Waals surface area contributed by atoms with Crippen molar-refractivity contribution in [2.24, 2.45) is 0 Å². The van der Waals surface area contributed by atoms with E-state index >= 15 is 0 Å². The monoisotopic (exact) mass is 740 g/mol. The van der Waals surface area contributed by atoms with E-state index in [1.54, 1.807) is 0 Å². The van der Waals surface area contributed by atoms with Gasteiger partial charge in [-0.1, -0.05) is 146 Å². The van der Waals surface area contributed by atoms with Crippen LogP contribution < -0.4 is 4.74 Å². The fourth-order valence-corrected chi connectivity index (χ4v) is 8.83. The van der Waals surface area contributed by atoms with Gasteiger partial charge in [0.05, 0.1) is 17.0 Å². The van der Waals surface area contributed by atoms with Gasteiger partial charge >= 0.3 is 0 Å². The van der Waals surface area contributed by atoms with Crippen molar-refractivity contribution in [3.05, 3.63) is 222 Å². The van der Waals surface area contributed by atoms with Crippen LogP contribution in [0, 0.1) is 11.3 Å². The molecule has 2 heterocycles. The zero-order valence-electron chi connectivity index (χ0n) is 31.2. The Hall–Kier alpha value is -7.94. The van der Waals surface area contributed by atoms with Gasteiger partial charge in [0.2, 0.25) is 0 Å². The Bertz CT molecular complexity index is 3010. The van der Waals surface area contributed by atoms with Gasteiger partial charge in [-0.25, -0.2) is 15.0 Å². The van der Waals surface area contributed by atoms with E-state index < -0.39 is 5.41 Å². The summed E-state index contributed by atoms with van der Waals surface area (Å²) in [4.78, 5) is 15.2. The summed E-state index contributed by atoms with van der Waals surface area (Å²) in [5, 5.41) is 9.89. The minimum absolute atomic E-state index is 0.560. The molecule has 58 heavy (non-hydrogen) atoms. The summed E-state index contributed by atoms with van der Waals surface area (Å²) in [5.74, 6) is 3.46. The molecule has 0 unspecified atom stereocenters. The van der Waals surface area contributed by atoms with Gasteiger partial charge in [0.15, 0.2) is 17.5 Å². The highest BCUT2D eigenvalue weighted by Gasteiger charge is 2.51. The lowest BCUT2D eigenvalue weighted by atomic mass is 9.66. The molecule has 0 saturated heterocycles. The Morgan fingerprint density at radius 2 is 0.845 bits per heavy atom. The molecular weight excluding hydrogens is 709 g/mol. The first-order valence-corrected chi connectivity index (χ1v) is 19.3. The summed E-state index contributed by atoms with van der Waals surface area (Å²) in [6.07, 6.45) is 0. The van der Waals surface area contributed by atoms with Crippen LogP contribution in [0.25, 0.3) is 67.5 Å². The number of nitrogens with zero attached hydrogens (tertiary/aromatic N) is 4. The van der Waals surface area contributed by atoms with Crippen molar-refractivity contribution >= 4 is 0 Å². The Kier molecular flexibility index (Phi) is 7.70. The molecule has 5 nitrogen and oxygen atoms in total. The predicted molar refractivity (Wildman–Crippen MR) is 229 cm³/mol. The smallest absolute Gasteiger partial charge is 0.164 e. The van der Waals surface area contributed by atoms with Gasteiger partial charge in [-0.3, -0.25) is 0 Å². The third kappa shape index (κ3) is 5.27. The van der Waals surface area contributed by atoms with Crippen LogP contribution in [-0.2, 0) is 5.41 Å². The van der Waals surface area contributed by atoms with Gasteiger partial charge in [-0.05, 0) is 93.0 Å². The maximum Gasteiger partial charge on any atom is 0.164 e. The van der Waals surface area contributed by atoms with Crippen LogP contribution in [0.5, 0.6) is 11.5 Å². The van der Waals surface area contributed by atoms with Gasteiger partial charge < -0.3 is 4.74 Å². The molecule has 1 aliphatic carbocycles. The average molecular weight is 741 g/mol. The number of aromatic nitrogens is 3. The van der Waals surface area contributed by atoms with E-state index in [-0.39, 0.29) is 0 Å². The molecule has 1 aliphatic heterocycles. The maximum atomic E-state index is 9.89. The van der Waals surface area contributed by atoms with Crippen molar-refractivity contribution < 1.29 is 4.74 Å². The largest absolute Gasteiger partial charge is 0.457 e. The van der Waals surface area contributed by atoms with Crippen molar-refractivity contribution in [1.82, 2.24) is 15.0 Å². The Morgan fingerprint density at radius 1 is 0.362 bits per heavy atom. The van der Waals surface area contributed by atoms with Crippen molar-refractivity contribution in [2.75, 3.05) is 0 Å². The minimum atomic E-state index is -0.599. The van der Waals surface area contributed by atoms with Crippen LogP contribution in [0.4, 0.5) is 0 Å². The molecule has 5 heteroatoms. The number of hydrogen-bond acceptors (Lipinski definition) is 5. The van der Waals surface area contributed by atoms with Gasteiger partial charge in [-0.15, -0.1) is 0 Å². The zero-order valence-corrected chi connectivity index (χ0v) is 31.2. The number of ether oxygens (including phenoxy) is 1. The first kappa shape index (κ1) is 33.4. The van der Waals surface area contributed by atoms with Crippen molar-refractivity contribution in [3.8, 4) is 85.1 Å². The second-order valence-corrected chi connectivity index (χ2v) is 14.7. The maximum absolute atomic E-state index is 9.89. The standard InChI is InChI=1S/C53H32N4O/c54-33-34-14-13-19-37(28-34)39-29-40(31-41(30-39)52-56-50(35-15-3-1-4-16-35)55-51(57-52)36-17-5-2-6-18-36)38-26-27-43-42-20-7-8-21-44(42)53(47(43)32-38)45-22-9-11-24-48(45)58-49-25-12-10-23-46(49)53/h1-32H. The molecule has 0 saturated carbocycles. The van der Waals surface area contributed by atoms with E-state index in [9.17, 15) is 5.26 Å². The van der Waals surface area contributed by atoms with Crippen LogP contribution in [0.3, 0.4) is 0 Å². The average Bonchev–Trinajstić information content (AvgIpc) is 3.59.